The molecule has 0 heterocycles. The van der Waals surface area contributed by atoms with E-state index >= 15 is 0 Å². The largest absolute Gasteiger partial charge is 0.497 e. The van der Waals surface area contributed by atoms with Gasteiger partial charge in [-0.2, -0.15) is 12.8 Å². The molecule has 0 aliphatic heterocycles. The number of methoxy groups -OCH3 is 1. The highest BCUT2D eigenvalue weighted by Gasteiger charge is 2.40. The van der Waals surface area contributed by atoms with E-state index in [4.69, 9.17) is 4.74 Å². The van der Waals surface area contributed by atoms with Crippen LogP contribution in [-0.4, -0.2) is 41.1 Å². The number of hydrogen-bond acceptors (Lipinski definition) is 6. The number of nitrogens with zero attached hydrogens (tertiary/aromatic N) is 1. The average molecular weight is 369 g/mol. The SMILES string of the molecule is CCCCC(CN=S(=O)=O)(C(=O)NC(=O)NC)c1ccc(OC)cc1. The van der Waals surface area contributed by atoms with Gasteiger partial charge in [-0.1, -0.05) is 31.9 Å². The van der Waals surface area contributed by atoms with Crippen LogP contribution in [0.4, 0.5) is 4.79 Å². The van der Waals surface area contributed by atoms with Crippen LogP contribution in [0.25, 0.3) is 0 Å². The van der Waals surface area contributed by atoms with Gasteiger partial charge in [0.25, 0.3) is 0 Å². The summed E-state index contributed by atoms with van der Waals surface area (Å²) in [6.45, 7) is 1.68. The highest BCUT2D eigenvalue weighted by molar-refractivity contribution is 7.61. The van der Waals surface area contributed by atoms with Crippen LogP contribution in [0.15, 0.2) is 28.6 Å². The Labute approximate surface area is 148 Å². The van der Waals surface area contributed by atoms with Crippen molar-refractivity contribution in [1.29, 1.82) is 0 Å². The monoisotopic (exact) mass is 369 g/mol. The Bertz CT molecular complexity index is 723. The normalized spacial score (nSPS) is 12.6. The van der Waals surface area contributed by atoms with E-state index in [9.17, 15) is 18.0 Å². The van der Waals surface area contributed by atoms with E-state index in [2.05, 4.69) is 15.0 Å². The van der Waals surface area contributed by atoms with E-state index < -0.39 is 27.9 Å². The molecule has 1 unspecified atom stereocenters. The Kier molecular flexibility index (Phi) is 8.06. The fourth-order valence-electron chi connectivity index (χ4n) is 2.47. The zero-order valence-electron chi connectivity index (χ0n) is 14.5. The zero-order valence-corrected chi connectivity index (χ0v) is 15.4. The number of rotatable bonds is 8. The van der Waals surface area contributed by atoms with Crippen LogP contribution < -0.4 is 15.4 Å². The molecule has 1 aromatic rings. The lowest BCUT2D eigenvalue weighted by molar-refractivity contribution is -0.125. The molecule has 3 amide bonds. The topological polar surface area (TPSA) is 114 Å². The van der Waals surface area contributed by atoms with Crippen LogP contribution >= 0.6 is 0 Å². The smallest absolute Gasteiger partial charge is 0.321 e. The number of benzene rings is 1. The molecule has 0 saturated carbocycles. The van der Waals surface area contributed by atoms with Crippen molar-refractivity contribution < 1.29 is 22.7 Å². The van der Waals surface area contributed by atoms with Gasteiger partial charge in [-0.05, 0) is 24.1 Å². The summed E-state index contributed by atoms with van der Waals surface area (Å²) in [4.78, 5) is 24.4. The summed E-state index contributed by atoms with van der Waals surface area (Å²) in [5, 5.41) is 4.56. The molecule has 2 N–H and O–H groups in total. The van der Waals surface area contributed by atoms with Gasteiger partial charge in [-0.15, -0.1) is 0 Å². The highest BCUT2D eigenvalue weighted by atomic mass is 32.2. The third kappa shape index (κ3) is 5.56. The summed E-state index contributed by atoms with van der Waals surface area (Å²) in [6.07, 6.45) is 1.80. The molecule has 0 aliphatic carbocycles. The lowest BCUT2D eigenvalue weighted by Gasteiger charge is -2.31. The van der Waals surface area contributed by atoms with E-state index in [0.29, 0.717) is 24.2 Å². The number of urea groups is 1. The fraction of sp³-hybridized carbons (Fsp3) is 0.500. The maximum Gasteiger partial charge on any atom is 0.321 e. The predicted octanol–water partition coefficient (Wildman–Crippen LogP) is 1.64. The number of hydrogen-bond donors (Lipinski definition) is 2. The molecule has 9 heteroatoms. The van der Waals surface area contributed by atoms with Crippen molar-refractivity contribution in [1.82, 2.24) is 10.6 Å². The maximum atomic E-state index is 12.8. The van der Waals surface area contributed by atoms with Crippen LogP contribution in [0.5, 0.6) is 5.75 Å². The summed E-state index contributed by atoms with van der Waals surface area (Å²) in [7, 11) is 0.252. The van der Waals surface area contributed by atoms with Gasteiger partial charge in [0.2, 0.25) is 5.91 Å². The fourth-order valence-corrected chi connectivity index (χ4v) is 2.79. The van der Waals surface area contributed by atoms with E-state index in [0.717, 1.165) is 6.42 Å². The average Bonchev–Trinajstić information content (AvgIpc) is 2.62. The Balaban J connectivity index is 3.42. The molecule has 0 fully saturated rings. The molecule has 8 nitrogen and oxygen atoms in total. The van der Waals surface area contributed by atoms with Crippen molar-refractivity contribution >= 4 is 22.4 Å². The van der Waals surface area contributed by atoms with Gasteiger partial charge < -0.3 is 10.1 Å². The first-order valence-electron chi connectivity index (χ1n) is 7.84. The molecule has 1 atom stereocenters. The summed E-state index contributed by atoms with van der Waals surface area (Å²) >= 11 is 0. The van der Waals surface area contributed by atoms with Gasteiger partial charge in [0, 0.05) is 7.05 Å². The molecule has 0 aromatic heterocycles. The van der Waals surface area contributed by atoms with Crippen LogP contribution in [0.2, 0.25) is 0 Å². The second-order valence-electron chi connectivity index (χ2n) is 5.45. The Morgan fingerprint density at radius 1 is 1.24 bits per heavy atom. The van der Waals surface area contributed by atoms with Crippen LogP contribution in [0, 0.1) is 0 Å². The van der Waals surface area contributed by atoms with Crippen LogP contribution in [-0.2, 0) is 20.7 Å². The molecular formula is C16H23N3O5S. The van der Waals surface area contributed by atoms with Crippen molar-refractivity contribution in [2.24, 2.45) is 4.36 Å². The van der Waals surface area contributed by atoms with Crippen LogP contribution in [0.1, 0.15) is 31.7 Å². The van der Waals surface area contributed by atoms with Gasteiger partial charge >= 0.3 is 16.5 Å². The Hall–Kier alpha value is -2.42. The molecule has 0 spiro atoms. The molecule has 0 saturated heterocycles. The number of carbonyl (C=O) groups is 2. The third-order valence-corrected chi connectivity index (χ3v) is 4.27. The Morgan fingerprint density at radius 2 is 1.88 bits per heavy atom. The molecule has 138 valence electrons. The van der Waals surface area contributed by atoms with Crippen molar-refractivity contribution in [3.8, 4) is 5.75 Å². The zero-order chi connectivity index (χ0) is 18.9. The van der Waals surface area contributed by atoms with E-state index in [1.807, 2.05) is 6.92 Å². The minimum Gasteiger partial charge on any atom is -0.497 e. The van der Waals surface area contributed by atoms with Crippen molar-refractivity contribution in [3.63, 3.8) is 0 Å². The quantitative estimate of drug-likeness (QED) is 0.723. The van der Waals surface area contributed by atoms with Gasteiger partial charge in [0.1, 0.15) is 5.75 Å². The highest BCUT2D eigenvalue weighted by Crippen LogP contribution is 2.32. The first-order chi connectivity index (χ1) is 11.9. The number of ether oxygens (including phenoxy) is 1. The molecule has 1 aromatic carbocycles. The first kappa shape index (κ1) is 20.6. The van der Waals surface area contributed by atoms with Crippen molar-refractivity contribution in [3.05, 3.63) is 29.8 Å². The number of amides is 3. The number of unbranched alkanes of at least 4 members (excludes halogenated alkanes) is 1. The van der Waals surface area contributed by atoms with Crippen molar-refractivity contribution in [2.75, 3.05) is 20.7 Å². The number of nitrogens with one attached hydrogen (secondary N) is 2. The second kappa shape index (κ2) is 9.77. The van der Waals surface area contributed by atoms with E-state index in [-0.39, 0.29) is 6.54 Å². The van der Waals surface area contributed by atoms with Gasteiger partial charge in [0.15, 0.2) is 0 Å². The second-order valence-corrected chi connectivity index (χ2v) is 6.14. The minimum atomic E-state index is -2.66. The molecular weight excluding hydrogens is 346 g/mol. The lowest BCUT2D eigenvalue weighted by Crippen LogP contribution is -2.51. The van der Waals surface area contributed by atoms with Gasteiger partial charge in [0.05, 0.1) is 19.1 Å². The summed E-state index contributed by atoms with van der Waals surface area (Å²) < 4.78 is 30.5. The predicted molar refractivity (Wildman–Crippen MR) is 93.0 cm³/mol. The standard InChI is InChI=1S/C16H23N3O5S/c1-4-5-10-16(11-18-25(22)23,14(20)19-15(21)17-2)12-6-8-13(24-3)9-7-12/h6-9H,4-5,10-11H2,1-3H3,(H2,17,19,20,21). The Morgan fingerprint density at radius 3 is 2.36 bits per heavy atom. The number of imide groups is 1. The molecule has 0 bridgehead atoms. The summed E-state index contributed by atoms with van der Waals surface area (Å²) in [5.74, 6) is 0.00357. The minimum absolute atomic E-state index is 0.279. The van der Waals surface area contributed by atoms with Gasteiger partial charge in [-0.25, -0.2) is 4.79 Å². The maximum absolute atomic E-state index is 12.8. The molecule has 0 radical (unpaired) electrons. The molecule has 0 aliphatic rings. The molecule has 25 heavy (non-hydrogen) atoms. The van der Waals surface area contributed by atoms with Gasteiger partial charge in [-0.3, -0.25) is 10.1 Å². The number of carbonyl (C=O) groups excluding carboxylic acids is 2. The van der Waals surface area contributed by atoms with E-state index in [1.54, 1.807) is 24.3 Å². The lowest BCUT2D eigenvalue weighted by atomic mass is 9.75. The molecule has 1 rings (SSSR count). The van der Waals surface area contributed by atoms with E-state index in [1.165, 1.54) is 14.2 Å². The summed E-state index contributed by atoms with van der Waals surface area (Å²) in [6, 6.07) is 6.06. The summed E-state index contributed by atoms with van der Waals surface area (Å²) in [5.41, 5.74) is -0.702. The third-order valence-electron chi connectivity index (χ3n) is 3.93. The first-order valence-corrected chi connectivity index (χ1v) is 8.87. The van der Waals surface area contributed by atoms with Crippen LogP contribution in [0.3, 0.4) is 0 Å². The van der Waals surface area contributed by atoms with Crippen molar-refractivity contribution in [2.45, 2.75) is 31.6 Å².